The van der Waals surface area contributed by atoms with Crippen molar-refractivity contribution in [1.29, 1.82) is 0 Å². The third-order valence-electron chi connectivity index (χ3n) is 3.80. The maximum atomic E-state index is 12.9. The first-order chi connectivity index (χ1) is 13.8. The van der Waals surface area contributed by atoms with E-state index in [4.69, 9.17) is 16.3 Å². The minimum atomic E-state index is -0.657. The van der Waals surface area contributed by atoms with Crippen molar-refractivity contribution < 1.29 is 19.2 Å². The Balaban J connectivity index is 2.15. The molecule has 2 amide bonds. The third-order valence-corrected chi connectivity index (χ3v) is 4.99. The predicted octanol–water partition coefficient (Wildman–Crippen LogP) is 3.52. The van der Waals surface area contributed by atoms with Crippen LogP contribution in [0.4, 0.5) is 10.8 Å². The lowest BCUT2D eigenvalue weighted by Gasteiger charge is -2.22. The molecule has 156 valence electrons. The van der Waals surface area contributed by atoms with E-state index in [0.29, 0.717) is 24.8 Å². The second kappa shape index (κ2) is 10.8. The molecule has 0 aliphatic carbocycles. The van der Waals surface area contributed by atoms with Gasteiger partial charge in [-0.05, 0) is 32.4 Å². The molecular weight excluding hydrogens is 420 g/mol. The van der Waals surface area contributed by atoms with Crippen molar-refractivity contribution in [3.63, 3.8) is 0 Å². The highest BCUT2D eigenvalue weighted by atomic mass is 35.5. The minimum absolute atomic E-state index is 0.0636. The van der Waals surface area contributed by atoms with Crippen molar-refractivity contribution in [3.8, 4) is 0 Å². The normalized spacial score (nSPS) is 10.6. The maximum Gasteiger partial charge on any atom is 0.288 e. The van der Waals surface area contributed by atoms with Crippen molar-refractivity contribution >= 4 is 45.6 Å². The molecule has 0 bridgehead atoms. The highest BCUT2D eigenvalue weighted by Crippen LogP contribution is 2.25. The van der Waals surface area contributed by atoms with Gasteiger partial charge in [-0.25, -0.2) is 4.98 Å². The van der Waals surface area contributed by atoms with Gasteiger partial charge in [0.05, 0.1) is 10.6 Å². The molecule has 0 unspecified atom stereocenters. The van der Waals surface area contributed by atoms with Crippen molar-refractivity contribution in [2.75, 3.05) is 31.6 Å². The van der Waals surface area contributed by atoms with Crippen molar-refractivity contribution in [3.05, 3.63) is 50.0 Å². The van der Waals surface area contributed by atoms with Crippen molar-refractivity contribution in [2.24, 2.45) is 0 Å². The number of halogens is 1. The number of ether oxygens (including phenoxy) is 1. The molecule has 0 aliphatic heterocycles. The van der Waals surface area contributed by atoms with E-state index in [1.807, 2.05) is 13.8 Å². The summed E-state index contributed by atoms with van der Waals surface area (Å²) in [5, 5.41) is 15.9. The first-order valence-electron chi connectivity index (χ1n) is 8.84. The van der Waals surface area contributed by atoms with E-state index in [2.05, 4.69) is 10.3 Å². The van der Waals surface area contributed by atoms with Crippen LogP contribution in [0.25, 0.3) is 0 Å². The first kappa shape index (κ1) is 22.7. The molecule has 1 aromatic carbocycles. The molecule has 0 saturated carbocycles. The number of benzene rings is 1. The summed E-state index contributed by atoms with van der Waals surface area (Å²) in [5.74, 6) is -0.917. The summed E-state index contributed by atoms with van der Waals surface area (Å²) in [6.07, 6.45) is 0.513. The van der Waals surface area contributed by atoms with E-state index in [1.165, 1.54) is 28.4 Å². The van der Waals surface area contributed by atoms with Crippen LogP contribution in [-0.2, 0) is 9.53 Å². The number of nitrogens with zero attached hydrogens (tertiary/aromatic N) is 3. The number of aryl methyl sites for hydroxylation is 1. The Bertz CT molecular complexity index is 889. The van der Waals surface area contributed by atoms with Gasteiger partial charge >= 0.3 is 0 Å². The van der Waals surface area contributed by atoms with Gasteiger partial charge in [0.1, 0.15) is 11.6 Å². The van der Waals surface area contributed by atoms with Gasteiger partial charge in [-0.3, -0.25) is 19.7 Å². The first-order valence-corrected chi connectivity index (χ1v) is 10.1. The van der Waals surface area contributed by atoms with Crippen LogP contribution in [0, 0.1) is 17.0 Å². The summed E-state index contributed by atoms with van der Waals surface area (Å²) in [6, 6.07) is 3.81. The largest absolute Gasteiger partial charge is 0.382 e. The fourth-order valence-corrected chi connectivity index (χ4v) is 3.36. The molecule has 0 atom stereocenters. The van der Waals surface area contributed by atoms with Crippen LogP contribution in [0.3, 0.4) is 0 Å². The number of aromatic nitrogens is 1. The zero-order valence-electron chi connectivity index (χ0n) is 16.0. The van der Waals surface area contributed by atoms with E-state index in [-0.39, 0.29) is 29.4 Å². The van der Waals surface area contributed by atoms with Crippen LogP contribution in [0.15, 0.2) is 23.6 Å². The molecule has 2 aromatic rings. The van der Waals surface area contributed by atoms with Crippen LogP contribution in [0.1, 0.15) is 29.4 Å². The number of carbonyl (C=O) groups excluding carboxylic acids is 2. The number of thiazole rings is 1. The molecule has 0 aliphatic rings. The number of nitro benzene ring substituents is 1. The second-order valence-corrected chi connectivity index (χ2v) is 7.31. The van der Waals surface area contributed by atoms with Gasteiger partial charge in [-0.2, -0.15) is 0 Å². The molecule has 1 N–H and O–H groups in total. The van der Waals surface area contributed by atoms with E-state index in [0.717, 1.165) is 11.8 Å². The lowest BCUT2D eigenvalue weighted by atomic mass is 10.1. The summed E-state index contributed by atoms with van der Waals surface area (Å²) >= 11 is 7.10. The van der Waals surface area contributed by atoms with Crippen molar-refractivity contribution in [1.82, 2.24) is 9.88 Å². The Kier molecular flexibility index (Phi) is 8.50. The SMILES string of the molecule is CCOCCCN(CC(=O)Nc1nc(C)cs1)C(=O)c1ccc(Cl)c([N+](=O)[O-])c1. The van der Waals surface area contributed by atoms with E-state index in [9.17, 15) is 19.7 Å². The fourth-order valence-electron chi connectivity index (χ4n) is 2.47. The lowest BCUT2D eigenvalue weighted by Crippen LogP contribution is -2.39. The molecule has 29 heavy (non-hydrogen) atoms. The van der Waals surface area contributed by atoms with Crippen molar-refractivity contribution in [2.45, 2.75) is 20.3 Å². The van der Waals surface area contributed by atoms with Crippen LogP contribution in [0.2, 0.25) is 5.02 Å². The third kappa shape index (κ3) is 6.77. The molecule has 0 spiro atoms. The van der Waals surface area contributed by atoms with Crippen LogP contribution < -0.4 is 5.32 Å². The Morgan fingerprint density at radius 2 is 2.17 bits per heavy atom. The molecule has 2 rings (SSSR count). The van der Waals surface area contributed by atoms with Gasteiger partial charge in [-0.1, -0.05) is 11.6 Å². The van der Waals surface area contributed by atoms with Gasteiger partial charge in [0.25, 0.3) is 11.6 Å². The van der Waals surface area contributed by atoms with Crippen LogP contribution in [-0.4, -0.2) is 52.9 Å². The Hall–Kier alpha value is -2.56. The molecule has 1 heterocycles. The number of hydrogen-bond donors (Lipinski definition) is 1. The molecule has 0 fully saturated rings. The average Bonchev–Trinajstić information content (AvgIpc) is 3.08. The maximum absolute atomic E-state index is 12.9. The Morgan fingerprint density at radius 3 is 2.79 bits per heavy atom. The quantitative estimate of drug-likeness (QED) is 0.343. The van der Waals surface area contributed by atoms with Gasteiger partial charge in [0.15, 0.2) is 5.13 Å². The summed E-state index contributed by atoms with van der Waals surface area (Å²) in [6.45, 7) is 4.66. The average molecular weight is 441 g/mol. The molecule has 9 nitrogen and oxygen atoms in total. The van der Waals surface area contributed by atoms with E-state index < -0.39 is 16.7 Å². The second-order valence-electron chi connectivity index (χ2n) is 6.04. The number of rotatable bonds is 10. The van der Waals surface area contributed by atoms with Gasteiger partial charge in [0.2, 0.25) is 5.91 Å². The van der Waals surface area contributed by atoms with E-state index >= 15 is 0 Å². The Labute approximate surface area is 176 Å². The smallest absolute Gasteiger partial charge is 0.288 e. The molecule has 0 radical (unpaired) electrons. The molecule has 0 saturated heterocycles. The standard InChI is InChI=1S/C18H21ClN4O5S/c1-3-28-8-4-7-22(10-16(24)21-18-20-12(2)11-29-18)17(25)13-5-6-14(19)15(9-13)23(26)27/h5-6,9,11H,3-4,7-8,10H2,1-2H3,(H,20,21,24). The highest BCUT2D eigenvalue weighted by Gasteiger charge is 2.22. The summed E-state index contributed by atoms with van der Waals surface area (Å²) < 4.78 is 5.29. The fraction of sp³-hybridized carbons (Fsp3) is 0.389. The van der Waals surface area contributed by atoms with Crippen LogP contribution in [0.5, 0.6) is 0 Å². The zero-order chi connectivity index (χ0) is 21.4. The predicted molar refractivity (Wildman–Crippen MR) is 111 cm³/mol. The summed E-state index contributed by atoms with van der Waals surface area (Å²) in [5.41, 5.74) is 0.494. The topological polar surface area (TPSA) is 115 Å². The Morgan fingerprint density at radius 1 is 1.41 bits per heavy atom. The van der Waals surface area contributed by atoms with Gasteiger partial charge < -0.3 is 15.0 Å². The molecule has 1 aromatic heterocycles. The van der Waals surface area contributed by atoms with Crippen LogP contribution >= 0.6 is 22.9 Å². The zero-order valence-corrected chi connectivity index (χ0v) is 17.6. The number of amides is 2. The molecular formula is C18H21ClN4O5S. The minimum Gasteiger partial charge on any atom is -0.382 e. The highest BCUT2D eigenvalue weighted by molar-refractivity contribution is 7.13. The monoisotopic (exact) mass is 440 g/mol. The van der Waals surface area contributed by atoms with E-state index in [1.54, 1.807) is 5.38 Å². The number of nitrogens with one attached hydrogen (secondary N) is 1. The number of anilines is 1. The number of nitro groups is 1. The lowest BCUT2D eigenvalue weighted by molar-refractivity contribution is -0.384. The van der Waals surface area contributed by atoms with Gasteiger partial charge in [0, 0.05) is 36.8 Å². The summed E-state index contributed by atoms with van der Waals surface area (Å²) in [7, 11) is 0. The molecule has 11 heteroatoms. The number of carbonyl (C=O) groups is 2. The van der Waals surface area contributed by atoms with Gasteiger partial charge in [-0.15, -0.1) is 11.3 Å². The number of hydrogen-bond acceptors (Lipinski definition) is 7. The summed E-state index contributed by atoms with van der Waals surface area (Å²) in [4.78, 5) is 41.2.